The van der Waals surface area contributed by atoms with E-state index in [9.17, 15) is 4.79 Å². The number of hydrogen-bond donors (Lipinski definition) is 0. The van der Waals surface area contributed by atoms with Crippen molar-refractivity contribution in [3.05, 3.63) is 0 Å². The molecule has 0 N–H and O–H groups in total. The van der Waals surface area contributed by atoms with Crippen LogP contribution in [0, 0.1) is 17.8 Å². The van der Waals surface area contributed by atoms with Crippen molar-refractivity contribution in [2.45, 2.75) is 32.6 Å². The molecule has 0 heterocycles. The molecule has 0 amide bonds. The second-order valence-corrected chi connectivity index (χ2v) is 3.95. The Kier molecular flexibility index (Phi) is 2.07. The molecule has 2 nitrogen and oxygen atoms in total. The summed E-state index contributed by atoms with van der Waals surface area (Å²) >= 11 is 0. The highest BCUT2D eigenvalue weighted by Gasteiger charge is 2.46. The summed E-state index contributed by atoms with van der Waals surface area (Å²) in [5.74, 6) is 1.66. The van der Waals surface area contributed by atoms with Gasteiger partial charge in [0.25, 0.3) is 0 Å². The lowest BCUT2D eigenvalue weighted by atomic mass is 9.98. The Morgan fingerprint density at radius 3 is 2.17 bits per heavy atom. The molecule has 2 aliphatic carbocycles. The molecule has 0 aromatic carbocycles. The largest absolute Gasteiger partial charge is 0.466 e. The van der Waals surface area contributed by atoms with Crippen LogP contribution in [0.1, 0.15) is 32.6 Å². The zero-order valence-electron chi connectivity index (χ0n) is 7.58. The van der Waals surface area contributed by atoms with Crippen LogP contribution in [0.3, 0.4) is 0 Å². The lowest BCUT2D eigenvalue weighted by Crippen LogP contribution is -2.21. The molecule has 0 radical (unpaired) electrons. The van der Waals surface area contributed by atoms with Gasteiger partial charge in [0, 0.05) is 0 Å². The van der Waals surface area contributed by atoms with Crippen molar-refractivity contribution < 1.29 is 9.53 Å². The predicted octanol–water partition coefficient (Wildman–Crippen LogP) is 1.99. The van der Waals surface area contributed by atoms with Crippen molar-refractivity contribution in [3.63, 3.8) is 0 Å². The molecule has 2 saturated carbocycles. The highest BCUT2D eigenvalue weighted by atomic mass is 16.5. The Bertz CT molecular complexity index is 168. The molecule has 2 fully saturated rings. The van der Waals surface area contributed by atoms with Crippen LogP contribution >= 0.6 is 0 Å². The van der Waals surface area contributed by atoms with Crippen molar-refractivity contribution >= 4 is 5.97 Å². The number of hydrogen-bond acceptors (Lipinski definition) is 2. The summed E-state index contributed by atoms with van der Waals surface area (Å²) in [4.78, 5) is 11.5. The van der Waals surface area contributed by atoms with E-state index < -0.39 is 0 Å². The Morgan fingerprint density at radius 1 is 1.25 bits per heavy atom. The normalized spacial score (nSPS) is 38.6. The maximum atomic E-state index is 11.5. The Balaban J connectivity index is 2.00. The van der Waals surface area contributed by atoms with Gasteiger partial charge >= 0.3 is 5.97 Å². The Morgan fingerprint density at radius 2 is 1.75 bits per heavy atom. The SMILES string of the molecule is CCOC(=O)C1C2CCC1CC2. The zero-order valence-corrected chi connectivity index (χ0v) is 7.58. The lowest BCUT2D eigenvalue weighted by molar-refractivity contribution is -0.149. The van der Waals surface area contributed by atoms with Gasteiger partial charge in [-0.2, -0.15) is 0 Å². The number of carbonyl (C=O) groups excluding carboxylic acids is 1. The van der Waals surface area contributed by atoms with E-state index in [4.69, 9.17) is 4.74 Å². The van der Waals surface area contributed by atoms with Crippen molar-refractivity contribution in [1.82, 2.24) is 0 Å². The summed E-state index contributed by atoms with van der Waals surface area (Å²) in [6.07, 6.45) is 5.03. The Labute approximate surface area is 73.3 Å². The van der Waals surface area contributed by atoms with Crippen LogP contribution < -0.4 is 0 Å². The number of esters is 1. The molecule has 0 spiro atoms. The molecule has 0 atom stereocenters. The van der Waals surface area contributed by atoms with Crippen molar-refractivity contribution in [3.8, 4) is 0 Å². The first kappa shape index (κ1) is 8.09. The first-order valence-corrected chi connectivity index (χ1v) is 4.99. The van der Waals surface area contributed by atoms with Crippen molar-refractivity contribution in [1.29, 1.82) is 0 Å². The summed E-state index contributed by atoms with van der Waals surface area (Å²) in [6.45, 7) is 2.42. The van der Waals surface area contributed by atoms with Gasteiger partial charge in [-0.1, -0.05) is 0 Å². The van der Waals surface area contributed by atoms with E-state index >= 15 is 0 Å². The average molecular weight is 168 g/mol. The number of fused-ring (bicyclic) bond motifs is 2. The molecule has 2 heteroatoms. The van der Waals surface area contributed by atoms with Crippen LogP contribution in [0.4, 0.5) is 0 Å². The van der Waals surface area contributed by atoms with E-state index in [1.165, 1.54) is 25.7 Å². The fraction of sp³-hybridized carbons (Fsp3) is 0.900. The third kappa shape index (κ3) is 1.13. The van der Waals surface area contributed by atoms with Crippen molar-refractivity contribution in [2.24, 2.45) is 17.8 Å². The van der Waals surface area contributed by atoms with Gasteiger partial charge in [0.2, 0.25) is 0 Å². The second-order valence-electron chi connectivity index (χ2n) is 3.95. The predicted molar refractivity (Wildman–Crippen MR) is 45.6 cm³/mol. The van der Waals surface area contributed by atoms with Gasteiger partial charge in [0.05, 0.1) is 12.5 Å². The summed E-state index contributed by atoms with van der Waals surface area (Å²) in [7, 11) is 0. The van der Waals surface area contributed by atoms with Gasteiger partial charge in [-0.25, -0.2) is 0 Å². The molecule has 0 saturated heterocycles. The van der Waals surface area contributed by atoms with E-state index in [1.807, 2.05) is 6.92 Å². The van der Waals surface area contributed by atoms with Gasteiger partial charge < -0.3 is 4.74 Å². The van der Waals surface area contributed by atoms with Gasteiger partial charge in [0.15, 0.2) is 0 Å². The fourth-order valence-corrected chi connectivity index (χ4v) is 2.87. The molecule has 0 aromatic rings. The monoisotopic (exact) mass is 168 g/mol. The number of rotatable bonds is 2. The fourth-order valence-electron chi connectivity index (χ4n) is 2.87. The molecular weight excluding hydrogens is 152 g/mol. The first-order valence-electron chi connectivity index (χ1n) is 4.99. The molecule has 0 aliphatic heterocycles. The average Bonchev–Trinajstić information content (AvgIpc) is 2.62. The minimum Gasteiger partial charge on any atom is -0.466 e. The topological polar surface area (TPSA) is 26.3 Å². The molecule has 0 aromatic heterocycles. The molecule has 0 unspecified atom stereocenters. The van der Waals surface area contributed by atoms with E-state index in [0.29, 0.717) is 18.4 Å². The van der Waals surface area contributed by atoms with Crippen LogP contribution in [-0.2, 0) is 9.53 Å². The molecule has 12 heavy (non-hydrogen) atoms. The lowest BCUT2D eigenvalue weighted by Gasteiger charge is -2.12. The van der Waals surface area contributed by atoms with E-state index in [1.54, 1.807) is 0 Å². The highest BCUT2D eigenvalue weighted by Crippen LogP contribution is 2.49. The first-order chi connectivity index (χ1) is 5.83. The second kappa shape index (κ2) is 3.08. The van der Waals surface area contributed by atoms with Crippen LogP contribution in [0.2, 0.25) is 0 Å². The minimum atomic E-state index is 0.0718. The van der Waals surface area contributed by atoms with Gasteiger partial charge in [-0.05, 0) is 44.4 Å². The van der Waals surface area contributed by atoms with Gasteiger partial charge in [-0.15, -0.1) is 0 Å². The summed E-state index contributed by atoms with van der Waals surface area (Å²) in [5.41, 5.74) is 0. The van der Waals surface area contributed by atoms with E-state index in [-0.39, 0.29) is 11.9 Å². The molecule has 2 bridgehead atoms. The van der Waals surface area contributed by atoms with Crippen LogP contribution in [0.15, 0.2) is 0 Å². The number of ether oxygens (including phenoxy) is 1. The van der Waals surface area contributed by atoms with E-state index in [2.05, 4.69) is 0 Å². The third-order valence-corrected chi connectivity index (χ3v) is 3.39. The highest BCUT2D eigenvalue weighted by molar-refractivity contribution is 5.74. The quantitative estimate of drug-likeness (QED) is 0.589. The molecule has 2 rings (SSSR count). The van der Waals surface area contributed by atoms with Crippen molar-refractivity contribution in [2.75, 3.05) is 6.61 Å². The molecular formula is C10H16O2. The van der Waals surface area contributed by atoms with Crippen LogP contribution in [0.25, 0.3) is 0 Å². The molecule has 2 aliphatic rings. The molecule has 68 valence electrons. The summed E-state index contributed by atoms with van der Waals surface area (Å²) < 4.78 is 5.07. The number of carbonyl (C=O) groups is 1. The maximum Gasteiger partial charge on any atom is 0.309 e. The van der Waals surface area contributed by atoms with Gasteiger partial charge in [0.1, 0.15) is 0 Å². The van der Waals surface area contributed by atoms with Gasteiger partial charge in [-0.3, -0.25) is 4.79 Å². The minimum absolute atomic E-state index is 0.0718. The van der Waals surface area contributed by atoms with E-state index in [0.717, 1.165) is 0 Å². The summed E-state index contributed by atoms with van der Waals surface area (Å²) in [5, 5.41) is 0. The van der Waals surface area contributed by atoms with Crippen LogP contribution in [-0.4, -0.2) is 12.6 Å². The smallest absolute Gasteiger partial charge is 0.309 e. The standard InChI is InChI=1S/C10H16O2/c1-2-12-10(11)9-7-3-4-8(9)6-5-7/h7-9H,2-6H2,1H3. The van der Waals surface area contributed by atoms with Crippen LogP contribution in [0.5, 0.6) is 0 Å². The Hall–Kier alpha value is -0.530. The third-order valence-electron chi connectivity index (χ3n) is 3.39. The maximum absolute atomic E-state index is 11.5. The zero-order chi connectivity index (χ0) is 8.55. The summed E-state index contributed by atoms with van der Waals surface area (Å²) in [6, 6.07) is 0.